The van der Waals surface area contributed by atoms with Crippen LogP contribution in [0.2, 0.25) is 0 Å². The summed E-state index contributed by atoms with van der Waals surface area (Å²) in [5, 5.41) is 9.44. The minimum atomic E-state index is 0. The van der Waals surface area contributed by atoms with Crippen molar-refractivity contribution in [2.45, 2.75) is 12.8 Å². The summed E-state index contributed by atoms with van der Waals surface area (Å²) in [6.45, 7) is 0.880. The molecule has 0 saturated heterocycles. The summed E-state index contributed by atoms with van der Waals surface area (Å²) in [6, 6.07) is 15.6. The number of hydrogen-bond acceptors (Lipinski definition) is 4. The molecular formula is C21H20Br2N2OS. The Morgan fingerprint density at radius 3 is 2.52 bits per heavy atom. The molecule has 1 N–H and O–H groups in total. The Kier molecular flexibility index (Phi) is 7.95. The first-order valence-corrected chi connectivity index (χ1v) is 9.16. The van der Waals surface area contributed by atoms with Crippen molar-refractivity contribution >= 4 is 57.1 Å². The third-order valence-corrected chi connectivity index (χ3v) is 5.29. The second kappa shape index (κ2) is 9.97. The number of rotatable bonds is 3. The first-order chi connectivity index (χ1) is 12.3. The molecule has 3 heterocycles. The highest BCUT2D eigenvalue weighted by Gasteiger charge is 2.14. The van der Waals surface area contributed by atoms with Gasteiger partial charge in [0, 0.05) is 34.3 Å². The lowest BCUT2D eigenvalue weighted by Gasteiger charge is -2.15. The number of aromatic nitrogens is 1. The summed E-state index contributed by atoms with van der Waals surface area (Å²) >= 11 is 1.75. The van der Waals surface area contributed by atoms with Gasteiger partial charge < -0.3 is 5.11 Å². The predicted molar refractivity (Wildman–Crippen MR) is 125 cm³/mol. The summed E-state index contributed by atoms with van der Waals surface area (Å²) in [7, 11) is 0. The molecule has 6 heteroatoms. The van der Waals surface area contributed by atoms with E-state index in [4.69, 9.17) is 4.99 Å². The molecule has 1 aliphatic rings. The Hall–Kier alpha value is -1.76. The first kappa shape index (κ1) is 21.5. The van der Waals surface area contributed by atoms with Crippen LogP contribution in [0.5, 0.6) is 5.75 Å². The minimum absolute atomic E-state index is 0. The maximum atomic E-state index is 9.44. The van der Waals surface area contributed by atoms with Crippen LogP contribution in [-0.4, -0.2) is 22.3 Å². The van der Waals surface area contributed by atoms with Gasteiger partial charge in [0.1, 0.15) is 5.75 Å². The number of phenols is 1. The van der Waals surface area contributed by atoms with E-state index in [1.165, 1.54) is 15.3 Å². The zero-order chi connectivity index (χ0) is 17.1. The molecule has 0 spiro atoms. The van der Waals surface area contributed by atoms with Gasteiger partial charge in [-0.1, -0.05) is 0 Å². The first-order valence-electron chi connectivity index (χ1n) is 8.35. The second-order valence-corrected chi connectivity index (χ2v) is 7.11. The summed E-state index contributed by atoms with van der Waals surface area (Å²) in [5.41, 5.74) is 4.55. The van der Waals surface area contributed by atoms with Crippen LogP contribution in [0, 0.1) is 0 Å². The molecule has 0 amide bonds. The van der Waals surface area contributed by atoms with Crippen molar-refractivity contribution in [1.82, 2.24) is 4.98 Å². The largest absolute Gasteiger partial charge is 0.508 e. The fourth-order valence-corrected chi connectivity index (χ4v) is 3.96. The van der Waals surface area contributed by atoms with E-state index in [0.29, 0.717) is 5.75 Å². The molecule has 0 unspecified atom stereocenters. The summed E-state index contributed by atoms with van der Waals surface area (Å²) in [4.78, 5) is 11.4. The Labute approximate surface area is 184 Å². The van der Waals surface area contributed by atoms with Crippen molar-refractivity contribution < 1.29 is 5.11 Å². The van der Waals surface area contributed by atoms with E-state index >= 15 is 0 Å². The average molecular weight is 508 g/mol. The lowest BCUT2D eigenvalue weighted by Crippen LogP contribution is -2.11. The van der Waals surface area contributed by atoms with Gasteiger partial charge in [-0.25, -0.2) is 0 Å². The van der Waals surface area contributed by atoms with E-state index < -0.39 is 0 Å². The van der Waals surface area contributed by atoms with Crippen molar-refractivity contribution in [3.8, 4) is 16.2 Å². The fraction of sp³-hybridized carbons (Fsp3) is 0.143. The predicted octanol–water partition coefficient (Wildman–Crippen LogP) is 6.34. The Morgan fingerprint density at radius 1 is 0.963 bits per heavy atom. The fourth-order valence-electron chi connectivity index (χ4n) is 2.98. The quantitative estimate of drug-likeness (QED) is 0.449. The van der Waals surface area contributed by atoms with Gasteiger partial charge in [0.05, 0.1) is 5.71 Å². The van der Waals surface area contributed by atoms with Gasteiger partial charge in [-0.2, -0.15) is 0 Å². The number of phenolic OH excluding ortho intramolecular Hbond substituents is 1. The summed E-state index contributed by atoms with van der Waals surface area (Å²) in [5.74, 6) is 0.294. The SMILES string of the molecule is Br.Br.Oc1ccc(-c2ccc(C=C3CCCN=C3c3cccnc3)s2)cc1. The lowest BCUT2D eigenvalue weighted by atomic mass is 9.96. The van der Waals surface area contributed by atoms with Crippen molar-refractivity contribution in [2.24, 2.45) is 4.99 Å². The zero-order valence-corrected chi connectivity index (χ0v) is 18.8. The van der Waals surface area contributed by atoms with Gasteiger partial charge >= 0.3 is 0 Å². The monoisotopic (exact) mass is 506 g/mol. The van der Waals surface area contributed by atoms with E-state index in [1.54, 1.807) is 29.7 Å². The number of halogens is 2. The molecule has 27 heavy (non-hydrogen) atoms. The minimum Gasteiger partial charge on any atom is -0.508 e. The molecule has 0 atom stereocenters. The molecule has 0 saturated carbocycles. The molecule has 2 aromatic heterocycles. The van der Waals surface area contributed by atoms with Crippen LogP contribution in [0.4, 0.5) is 0 Å². The smallest absolute Gasteiger partial charge is 0.115 e. The van der Waals surface area contributed by atoms with Crippen molar-refractivity contribution in [2.75, 3.05) is 6.54 Å². The van der Waals surface area contributed by atoms with E-state index in [1.807, 2.05) is 24.4 Å². The highest BCUT2D eigenvalue weighted by Crippen LogP contribution is 2.31. The van der Waals surface area contributed by atoms with Crippen LogP contribution >= 0.6 is 45.3 Å². The third-order valence-electron chi connectivity index (χ3n) is 4.21. The van der Waals surface area contributed by atoms with Gasteiger partial charge in [0.15, 0.2) is 0 Å². The van der Waals surface area contributed by atoms with Crippen LogP contribution in [0.15, 0.2) is 71.5 Å². The number of benzene rings is 1. The standard InChI is InChI=1S/C21H18N2OS.2BrH/c24-18-7-5-15(6-8-18)20-10-9-19(25-20)13-16-3-2-12-23-21(16)17-4-1-11-22-14-17;;/h1,4-11,13-14,24H,2-3,12H2;2*1H. The molecule has 1 aliphatic heterocycles. The molecule has 4 rings (SSSR count). The van der Waals surface area contributed by atoms with Crippen molar-refractivity contribution in [3.63, 3.8) is 0 Å². The number of pyridine rings is 1. The Bertz CT molecular complexity index is 934. The number of nitrogens with zero attached hydrogens (tertiary/aromatic N) is 2. The second-order valence-electron chi connectivity index (χ2n) is 5.99. The molecule has 140 valence electrons. The number of aliphatic imine (C=N–C) groups is 1. The number of thiophene rings is 1. The van der Waals surface area contributed by atoms with Crippen LogP contribution in [0.3, 0.4) is 0 Å². The average Bonchev–Trinajstić information content (AvgIpc) is 3.12. The Morgan fingerprint density at radius 2 is 1.78 bits per heavy atom. The molecular weight excluding hydrogens is 488 g/mol. The molecule has 3 aromatic rings. The topological polar surface area (TPSA) is 45.5 Å². The Balaban J connectivity index is 0.00000131. The van der Waals surface area contributed by atoms with E-state index in [-0.39, 0.29) is 34.0 Å². The lowest BCUT2D eigenvalue weighted by molar-refractivity contribution is 0.475. The van der Waals surface area contributed by atoms with E-state index in [9.17, 15) is 5.11 Å². The maximum Gasteiger partial charge on any atom is 0.115 e. The maximum absolute atomic E-state index is 9.44. The van der Waals surface area contributed by atoms with Gasteiger partial charge in [0.25, 0.3) is 0 Å². The molecule has 1 aromatic carbocycles. The molecule has 0 bridgehead atoms. The molecule has 0 radical (unpaired) electrons. The number of hydrogen-bond donors (Lipinski definition) is 1. The summed E-state index contributed by atoms with van der Waals surface area (Å²) in [6.07, 6.45) is 8.05. The zero-order valence-electron chi connectivity index (χ0n) is 14.5. The molecule has 3 nitrogen and oxygen atoms in total. The molecule has 0 aliphatic carbocycles. The van der Waals surface area contributed by atoms with Crippen LogP contribution in [0.25, 0.3) is 16.5 Å². The normalized spacial score (nSPS) is 14.8. The van der Waals surface area contributed by atoms with Gasteiger partial charge in [-0.15, -0.1) is 45.3 Å². The van der Waals surface area contributed by atoms with Gasteiger partial charge in [-0.05, 0) is 78.6 Å². The van der Waals surface area contributed by atoms with Crippen LogP contribution in [0.1, 0.15) is 23.3 Å². The summed E-state index contributed by atoms with van der Waals surface area (Å²) < 4.78 is 0. The van der Waals surface area contributed by atoms with E-state index in [2.05, 4.69) is 29.3 Å². The van der Waals surface area contributed by atoms with Crippen LogP contribution in [-0.2, 0) is 0 Å². The van der Waals surface area contributed by atoms with Gasteiger partial charge in [0.2, 0.25) is 0 Å². The number of aromatic hydroxyl groups is 1. The number of allylic oxidation sites excluding steroid dienone is 1. The highest BCUT2D eigenvalue weighted by atomic mass is 79.9. The van der Waals surface area contributed by atoms with Crippen molar-refractivity contribution in [1.29, 1.82) is 0 Å². The highest BCUT2D eigenvalue weighted by molar-refractivity contribution is 8.93. The van der Waals surface area contributed by atoms with Crippen molar-refractivity contribution in [3.05, 3.63) is 76.9 Å². The van der Waals surface area contributed by atoms with E-state index in [0.717, 1.165) is 36.2 Å². The van der Waals surface area contributed by atoms with Crippen LogP contribution < -0.4 is 0 Å². The van der Waals surface area contributed by atoms with Gasteiger partial charge in [-0.3, -0.25) is 9.98 Å². The third kappa shape index (κ3) is 5.15. The molecule has 0 fully saturated rings.